The Kier molecular flexibility index (Phi) is 1.85. The summed E-state index contributed by atoms with van der Waals surface area (Å²) in [7, 11) is 3.44. The van der Waals surface area contributed by atoms with Crippen LogP contribution in [0.15, 0.2) is 6.20 Å². The van der Waals surface area contributed by atoms with Gasteiger partial charge >= 0.3 is 0 Å². The van der Waals surface area contributed by atoms with Gasteiger partial charge in [0.05, 0.1) is 12.3 Å². The second-order valence-electron chi connectivity index (χ2n) is 3.57. The van der Waals surface area contributed by atoms with Crippen LogP contribution in [0.1, 0.15) is 18.5 Å². The third kappa shape index (κ3) is 1.34. The molecule has 1 heterocycles. The van der Waals surface area contributed by atoms with Crippen molar-refractivity contribution in [1.82, 2.24) is 15.0 Å². The monoisotopic (exact) mass is 183 g/mol. The fourth-order valence-corrected chi connectivity index (χ4v) is 1.63. The molecule has 0 unspecified atom stereocenters. The van der Waals surface area contributed by atoms with E-state index in [1.54, 1.807) is 25.0 Å². The SMILES string of the molecule is COC1CC(O)(c2cn(C)nn2)C1. The summed E-state index contributed by atoms with van der Waals surface area (Å²) in [6.45, 7) is 0. The third-order valence-corrected chi connectivity index (χ3v) is 2.54. The highest BCUT2D eigenvalue weighted by atomic mass is 16.5. The van der Waals surface area contributed by atoms with Crippen molar-refractivity contribution < 1.29 is 9.84 Å². The number of methoxy groups -OCH3 is 1. The summed E-state index contributed by atoms with van der Waals surface area (Å²) in [6.07, 6.45) is 3.13. The molecular formula is C8H13N3O2. The van der Waals surface area contributed by atoms with Gasteiger partial charge in [-0.1, -0.05) is 5.21 Å². The molecule has 2 rings (SSSR count). The molecule has 0 amide bonds. The molecule has 0 bridgehead atoms. The van der Waals surface area contributed by atoms with Gasteiger partial charge < -0.3 is 9.84 Å². The first-order valence-corrected chi connectivity index (χ1v) is 4.26. The molecule has 0 saturated heterocycles. The average Bonchev–Trinajstić information content (AvgIpc) is 2.46. The minimum Gasteiger partial charge on any atom is -0.383 e. The van der Waals surface area contributed by atoms with Crippen molar-refractivity contribution in [3.8, 4) is 0 Å². The maximum absolute atomic E-state index is 10.0. The topological polar surface area (TPSA) is 60.2 Å². The molecule has 13 heavy (non-hydrogen) atoms. The number of aryl methyl sites for hydroxylation is 1. The van der Waals surface area contributed by atoms with E-state index in [4.69, 9.17) is 4.74 Å². The number of ether oxygens (including phenoxy) is 1. The van der Waals surface area contributed by atoms with Gasteiger partial charge in [0, 0.05) is 27.0 Å². The molecule has 1 aromatic heterocycles. The van der Waals surface area contributed by atoms with E-state index in [1.807, 2.05) is 0 Å². The van der Waals surface area contributed by atoms with Crippen molar-refractivity contribution in [2.45, 2.75) is 24.5 Å². The van der Waals surface area contributed by atoms with Gasteiger partial charge in [0.2, 0.25) is 0 Å². The standard InChI is InChI=1S/C8H13N3O2/c1-11-5-7(9-10-11)8(12)3-6(4-8)13-2/h5-6,12H,3-4H2,1-2H3. The van der Waals surface area contributed by atoms with E-state index in [0.29, 0.717) is 18.5 Å². The summed E-state index contributed by atoms with van der Waals surface area (Å²) >= 11 is 0. The third-order valence-electron chi connectivity index (χ3n) is 2.54. The lowest BCUT2D eigenvalue weighted by atomic mass is 9.75. The number of aliphatic hydroxyl groups is 1. The predicted molar refractivity (Wildman–Crippen MR) is 44.9 cm³/mol. The van der Waals surface area contributed by atoms with Crippen LogP contribution in [0.4, 0.5) is 0 Å². The molecule has 5 heteroatoms. The number of hydrogen-bond donors (Lipinski definition) is 1. The molecule has 1 saturated carbocycles. The molecule has 0 atom stereocenters. The van der Waals surface area contributed by atoms with Crippen molar-refractivity contribution in [3.63, 3.8) is 0 Å². The maximum atomic E-state index is 10.0. The predicted octanol–water partition coefficient (Wildman–Crippen LogP) is -0.188. The van der Waals surface area contributed by atoms with E-state index in [2.05, 4.69) is 10.3 Å². The first-order valence-electron chi connectivity index (χ1n) is 4.26. The Labute approximate surface area is 76.3 Å². The minimum atomic E-state index is -0.811. The molecule has 0 aromatic carbocycles. The molecule has 0 aliphatic heterocycles. The number of nitrogens with zero attached hydrogens (tertiary/aromatic N) is 3. The zero-order valence-corrected chi connectivity index (χ0v) is 7.77. The van der Waals surface area contributed by atoms with Crippen molar-refractivity contribution in [3.05, 3.63) is 11.9 Å². The van der Waals surface area contributed by atoms with E-state index in [0.717, 1.165) is 0 Å². The summed E-state index contributed by atoms with van der Waals surface area (Å²) in [6, 6.07) is 0. The highest BCUT2D eigenvalue weighted by Gasteiger charge is 2.46. The fourth-order valence-electron chi connectivity index (χ4n) is 1.63. The van der Waals surface area contributed by atoms with Crippen LogP contribution >= 0.6 is 0 Å². The highest BCUT2D eigenvalue weighted by molar-refractivity contribution is 5.13. The van der Waals surface area contributed by atoms with E-state index in [9.17, 15) is 5.11 Å². The molecular weight excluding hydrogens is 170 g/mol. The van der Waals surface area contributed by atoms with Gasteiger partial charge in [-0.25, -0.2) is 0 Å². The van der Waals surface area contributed by atoms with Gasteiger partial charge in [-0.05, 0) is 0 Å². The number of rotatable bonds is 2. The Morgan fingerprint density at radius 3 is 2.85 bits per heavy atom. The Morgan fingerprint density at radius 1 is 1.69 bits per heavy atom. The molecule has 72 valence electrons. The van der Waals surface area contributed by atoms with Crippen molar-refractivity contribution in [1.29, 1.82) is 0 Å². The van der Waals surface area contributed by atoms with Crippen LogP contribution in [-0.2, 0) is 17.4 Å². The van der Waals surface area contributed by atoms with Crippen molar-refractivity contribution in [2.75, 3.05) is 7.11 Å². The Balaban J connectivity index is 2.10. The fraction of sp³-hybridized carbons (Fsp3) is 0.750. The van der Waals surface area contributed by atoms with Gasteiger partial charge in [-0.15, -0.1) is 5.10 Å². The quantitative estimate of drug-likeness (QED) is 0.690. The smallest absolute Gasteiger partial charge is 0.115 e. The summed E-state index contributed by atoms with van der Waals surface area (Å²) in [5.41, 5.74) is -0.169. The van der Waals surface area contributed by atoms with Gasteiger partial charge in [0.25, 0.3) is 0 Å². The zero-order valence-electron chi connectivity index (χ0n) is 7.77. The molecule has 1 N–H and O–H groups in total. The molecule has 1 fully saturated rings. The van der Waals surface area contributed by atoms with Crippen molar-refractivity contribution in [2.24, 2.45) is 7.05 Å². The van der Waals surface area contributed by atoms with Crippen molar-refractivity contribution >= 4 is 0 Å². The molecule has 0 radical (unpaired) electrons. The maximum Gasteiger partial charge on any atom is 0.115 e. The first-order chi connectivity index (χ1) is 6.14. The normalized spacial score (nSPS) is 33.0. The molecule has 1 aliphatic carbocycles. The van der Waals surface area contributed by atoms with E-state index >= 15 is 0 Å². The lowest BCUT2D eigenvalue weighted by molar-refractivity contribution is -0.135. The molecule has 0 spiro atoms. The summed E-state index contributed by atoms with van der Waals surface area (Å²) in [4.78, 5) is 0. The van der Waals surface area contributed by atoms with Crippen LogP contribution in [-0.4, -0.2) is 33.3 Å². The average molecular weight is 183 g/mol. The Morgan fingerprint density at radius 2 is 2.38 bits per heavy atom. The minimum absolute atomic E-state index is 0.159. The van der Waals surface area contributed by atoms with Gasteiger partial charge in [0.15, 0.2) is 0 Å². The molecule has 1 aromatic rings. The second kappa shape index (κ2) is 2.78. The van der Waals surface area contributed by atoms with Crippen LogP contribution in [0.2, 0.25) is 0 Å². The lowest BCUT2D eigenvalue weighted by Gasteiger charge is -2.40. The second-order valence-corrected chi connectivity index (χ2v) is 3.57. The first kappa shape index (κ1) is 8.65. The Hall–Kier alpha value is -0.940. The van der Waals surface area contributed by atoms with Crippen LogP contribution < -0.4 is 0 Å². The van der Waals surface area contributed by atoms with Gasteiger partial charge in [-0.3, -0.25) is 4.68 Å². The number of aromatic nitrogens is 3. The van der Waals surface area contributed by atoms with E-state index in [1.165, 1.54) is 0 Å². The van der Waals surface area contributed by atoms with E-state index < -0.39 is 5.60 Å². The van der Waals surface area contributed by atoms with E-state index in [-0.39, 0.29) is 6.10 Å². The van der Waals surface area contributed by atoms with Crippen LogP contribution in [0.25, 0.3) is 0 Å². The highest BCUT2D eigenvalue weighted by Crippen LogP contribution is 2.41. The summed E-state index contributed by atoms with van der Waals surface area (Å²) < 4.78 is 6.69. The van der Waals surface area contributed by atoms with Crippen LogP contribution in [0.3, 0.4) is 0 Å². The van der Waals surface area contributed by atoms with Gasteiger partial charge in [-0.2, -0.15) is 0 Å². The molecule has 1 aliphatic rings. The lowest BCUT2D eigenvalue weighted by Crippen LogP contribution is -2.45. The Bertz CT molecular complexity index is 304. The molecule has 5 nitrogen and oxygen atoms in total. The van der Waals surface area contributed by atoms with Crippen LogP contribution in [0, 0.1) is 0 Å². The largest absolute Gasteiger partial charge is 0.383 e. The summed E-state index contributed by atoms with van der Waals surface area (Å²) in [5, 5.41) is 17.7. The van der Waals surface area contributed by atoms with Crippen LogP contribution in [0.5, 0.6) is 0 Å². The number of hydrogen-bond acceptors (Lipinski definition) is 4. The summed E-state index contributed by atoms with van der Waals surface area (Å²) in [5.74, 6) is 0. The zero-order chi connectivity index (χ0) is 9.47. The van der Waals surface area contributed by atoms with Gasteiger partial charge in [0.1, 0.15) is 11.3 Å².